The number of likely N-dealkylation sites (N-methyl/N-ethyl adjacent to an activating group) is 1. The molecule has 0 spiro atoms. The molecule has 156 valence electrons. The van der Waals surface area contributed by atoms with Gasteiger partial charge in [-0.05, 0) is 41.5 Å². The molecule has 1 aliphatic carbocycles. The molecule has 1 N–H and O–H groups in total. The molecule has 1 saturated carbocycles. The van der Waals surface area contributed by atoms with E-state index in [1.165, 1.54) is 36.6 Å². The largest absolute Gasteiger partial charge is 0.495 e. The lowest BCUT2D eigenvalue weighted by Crippen LogP contribution is -2.36. The van der Waals surface area contributed by atoms with Crippen molar-refractivity contribution in [3.8, 4) is 5.75 Å². The Morgan fingerprint density at radius 2 is 2.14 bits per heavy atom. The van der Waals surface area contributed by atoms with Crippen LogP contribution in [0.1, 0.15) is 31.7 Å². The van der Waals surface area contributed by atoms with Crippen molar-refractivity contribution in [1.29, 1.82) is 0 Å². The summed E-state index contributed by atoms with van der Waals surface area (Å²) < 4.78 is 7.02. The Morgan fingerprint density at radius 1 is 1.38 bits per heavy atom. The van der Waals surface area contributed by atoms with E-state index in [-0.39, 0.29) is 24.1 Å². The van der Waals surface area contributed by atoms with Crippen LogP contribution in [0.3, 0.4) is 0 Å². The second kappa shape index (κ2) is 9.93. The van der Waals surface area contributed by atoms with Gasteiger partial charge in [-0.2, -0.15) is 0 Å². The Hall–Kier alpha value is -2.33. The molecule has 1 fully saturated rings. The Kier molecular flexibility index (Phi) is 7.32. The highest BCUT2D eigenvalue weighted by Gasteiger charge is 2.23. The third kappa shape index (κ3) is 5.60. The summed E-state index contributed by atoms with van der Waals surface area (Å²) >= 11 is 7.25. The lowest BCUT2D eigenvalue weighted by Gasteiger charge is -2.17. The van der Waals surface area contributed by atoms with E-state index in [1.807, 2.05) is 4.68 Å². The first-order chi connectivity index (χ1) is 14.0. The van der Waals surface area contributed by atoms with Crippen molar-refractivity contribution in [3.63, 3.8) is 0 Å². The zero-order chi connectivity index (χ0) is 20.8. The van der Waals surface area contributed by atoms with Crippen LogP contribution in [0.4, 0.5) is 5.69 Å². The molecule has 29 heavy (non-hydrogen) atoms. The van der Waals surface area contributed by atoms with Crippen molar-refractivity contribution in [1.82, 2.24) is 25.1 Å². The molecule has 0 saturated heterocycles. The van der Waals surface area contributed by atoms with Gasteiger partial charge in [-0.1, -0.05) is 36.2 Å². The maximum atomic E-state index is 12.4. The number of hydrogen-bond acceptors (Lipinski definition) is 7. The fourth-order valence-electron chi connectivity index (χ4n) is 3.17. The fraction of sp³-hybridized carbons (Fsp3) is 0.500. The number of aromatic nitrogens is 4. The zero-order valence-electron chi connectivity index (χ0n) is 16.3. The summed E-state index contributed by atoms with van der Waals surface area (Å²) in [5, 5.41) is 15.6. The van der Waals surface area contributed by atoms with Gasteiger partial charge in [-0.3, -0.25) is 9.59 Å². The Balaban J connectivity index is 1.51. The third-order valence-corrected chi connectivity index (χ3v) is 5.85. The molecule has 11 heteroatoms. The molecular weight excluding hydrogens is 416 g/mol. The molecule has 9 nitrogen and oxygen atoms in total. The van der Waals surface area contributed by atoms with Crippen molar-refractivity contribution in [3.05, 3.63) is 23.2 Å². The van der Waals surface area contributed by atoms with Gasteiger partial charge in [0.2, 0.25) is 17.0 Å². The molecule has 0 atom stereocenters. The van der Waals surface area contributed by atoms with Gasteiger partial charge in [0.05, 0.1) is 31.1 Å². The van der Waals surface area contributed by atoms with E-state index in [0.29, 0.717) is 27.7 Å². The summed E-state index contributed by atoms with van der Waals surface area (Å²) in [5.41, 5.74) is 0.455. The standard InChI is InChI=1S/C18H23ClN6O3S/c1-24(10-16(26)20-14-9-12(19)7-8-15(14)28-2)17(27)11-29-18-21-22-23-25(18)13-5-3-4-6-13/h7-9,13H,3-6,10-11H2,1-2H3,(H,20,26). The molecule has 0 aliphatic heterocycles. The van der Waals surface area contributed by atoms with E-state index in [2.05, 4.69) is 20.8 Å². The van der Waals surface area contributed by atoms with Gasteiger partial charge in [0.25, 0.3) is 0 Å². The number of anilines is 1. The quantitative estimate of drug-likeness (QED) is 0.632. The van der Waals surface area contributed by atoms with Crippen molar-refractivity contribution in [2.45, 2.75) is 36.9 Å². The number of hydrogen-bond donors (Lipinski definition) is 1. The number of ether oxygens (including phenoxy) is 1. The van der Waals surface area contributed by atoms with Crippen LogP contribution >= 0.6 is 23.4 Å². The monoisotopic (exact) mass is 438 g/mol. The molecule has 0 unspecified atom stereocenters. The van der Waals surface area contributed by atoms with Crippen molar-refractivity contribution >= 4 is 40.9 Å². The third-order valence-electron chi connectivity index (χ3n) is 4.70. The predicted molar refractivity (Wildman–Crippen MR) is 110 cm³/mol. The van der Waals surface area contributed by atoms with Crippen molar-refractivity contribution in [2.75, 3.05) is 31.8 Å². The van der Waals surface area contributed by atoms with Gasteiger partial charge in [0.15, 0.2) is 0 Å². The molecule has 1 aliphatic rings. The number of benzene rings is 1. The number of tetrazole rings is 1. The van der Waals surface area contributed by atoms with Gasteiger partial charge in [-0.25, -0.2) is 4.68 Å². The first-order valence-electron chi connectivity index (χ1n) is 9.26. The molecule has 1 aromatic heterocycles. The number of methoxy groups -OCH3 is 1. The van der Waals surface area contributed by atoms with Crippen LogP contribution in [-0.4, -0.2) is 63.4 Å². The molecular formula is C18H23ClN6O3S. The van der Waals surface area contributed by atoms with E-state index in [0.717, 1.165) is 12.8 Å². The van der Waals surface area contributed by atoms with E-state index >= 15 is 0 Å². The van der Waals surface area contributed by atoms with Crippen LogP contribution in [0.2, 0.25) is 5.02 Å². The first kappa shape index (κ1) is 21.4. The first-order valence-corrected chi connectivity index (χ1v) is 10.6. The predicted octanol–water partition coefficient (Wildman–Crippen LogP) is 2.64. The van der Waals surface area contributed by atoms with Gasteiger partial charge in [0, 0.05) is 12.1 Å². The number of amides is 2. The average molecular weight is 439 g/mol. The fourth-order valence-corrected chi connectivity index (χ4v) is 4.22. The van der Waals surface area contributed by atoms with Crippen LogP contribution in [0.15, 0.2) is 23.4 Å². The summed E-state index contributed by atoms with van der Waals surface area (Å²) in [6, 6.07) is 5.23. The van der Waals surface area contributed by atoms with E-state index in [9.17, 15) is 9.59 Å². The summed E-state index contributed by atoms with van der Waals surface area (Å²) in [6.45, 7) is -0.0946. The number of halogens is 1. The van der Waals surface area contributed by atoms with Gasteiger partial charge < -0.3 is 15.0 Å². The van der Waals surface area contributed by atoms with E-state index < -0.39 is 0 Å². The number of nitrogens with one attached hydrogen (secondary N) is 1. The van der Waals surface area contributed by atoms with Crippen molar-refractivity contribution in [2.24, 2.45) is 0 Å². The highest BCUT2D eigenvalue weighted by Crippen LogP contribution is 2.31. The van der Waals surface area contributed by atoms with Gasteiger partial charge in [0.1, 0.15) is 5.75 Å². The summed E-state index contributed by atoms with van der Waals surface area (Å²) in [7, 11) is 3.09. The smallest absolute Gasteiger partial charge is 0.244 e. The minimum Gasteiger partial charge on any atom is -0.495 e. The molecule has 0 bridgehead atoms. The SMILES string of the molecule is COc1ccc(Cl)cc1NC(=O)CN(C)C(=O)CSc1nnnn1C1CCCC1. The molecule has 2 amide bonds. The number of rotatable bonds is 8. The maximum Gasteiger partial charge on any atom is 0.244 e. The van der Waals surface area contributed by atoms with Gasteiger partial charge in [-0.15, -0.1) is 5.10 Å². The number of carbonyl (C=O) groups excluding carboxylic acids is 2. The second-order valence-electron chi connectivity index (χ2n) is 6.78. The normalized spacial score (nSPS) is 14.0. The lowest BCUT2D eigenvalue weighted by molar-refractivity contribution is -0.131. The van der Waals surface area contributed by atoms with Crippen molar-refractivity contribution < 1.29 is 14.3 Å². The lowest BCUT2D eigenvalue weighted by atomic mass is 10.3. The summed E-state index contributed by atoms with van der Waals surface area (Å²) in [6.07, 6.45) is 4.45. The van der Waals surface area contributed by atoms with Crippen LogP contribution in [0, 0.1) is 0 Å². The zero-order valence-corrected chi connectivity index (χ0v) is 17.9. The second-order valence-corrected chi connectivity index (χ2v) is 8.15. The summed E-state index contributed by atoms with van der Waals surface area (Å²) in [5.74, 6) is 0.106. The van der Waals surface area contributed by atoms with Crippen LogP contribution in [-0.2, 0) is 9.59 Å². The van der Waals surface area contributed by atoms with E-state index in [4.69, 9.17) is 16.3 Å². The average Bonchev–Trinajstić information content (AvgIpc) is 3.37. The Labute approximate surface area is 178 Å². The minimum absolute atomic E-state index is 0.0946. The molecule has 3 rings (SSSR count). The summed E-state index contributed by atoms with van der Waals surface area (Å²) in [4.78, 5) is 26.1. The minimum atomic E-state index is -0.345. The number of carbonyl (C=O) groups is 2. The van der Waals surface area contributed by atoms with Crippen LogP contribution < -0.4 is 10.1 Å². The number of nitrogens with zero attached hydrogens (tertiary/aromatic N) is 5. The number of thioether (sulfide) groups is 1. The Bertz CT molecular complexity index is 871. The molecule has 0 radical (unpaired) electrons. The van der Waals surface area contributed by atoms with E-state index in [1.54, 1.807) is 25.2 Å². The topological polar surface area (TPSA) is 102 Å². The molecule has 1 heterocycles. The molecule has 2 aromatic rings. The Morgan fingerprint density at radius 3 is 2.86 bits per heavy atom. The highest BCUT2D eigenvalue weighted by molar-refractivity contribution is 7.99. The highest BCUT2D eigenvalue weighted by atomic mass is 35.5. The van der Waals surface area contributed by atoms with Gasteiger partial charge >= 0.3 is 0 Å². The molecule has 1 aromatic carbocycles. The van der Waals surface area contributed by atoms with Crippen LogP contribution in [0.5, 0.6) is 5.75 Å². The van der Waals surface area contributed by atoms with Crippen LogP contribution in [0.25, 0.3) is 0 Å². The maximum absolute atomic E-state index is 12.4.